The summed E-state index contributed by atoms with van der Waals surface area (Å²) in [5.41, 5.74) is 4.47. The molecule has 3 aromatic heterocycles. The van der Waals surface area contributed by atoms with E-state index in [-0.39, 0.29) is 12.4 Å². The fourth-order valence-corrected chi connectivity index (χ4v) is 3.81. The molecule has 0 saturated heterocycles. The van der Waals surface area contributed by atoms with E-state index in [2.05, 4.69) is 20.5 Å². The molecule has 0 aliphatic carbocycles. The summed E-state index contributed by atoms with van der Waals surface area (Å²) in [6.07, 6.45) is 5.77. The largest absolute Gasteiger partial charge is 0.396 e. The predicted octanol–water partition coefficient (Wildman–Crippen LogP) is 3.91. The fraction of sp³-hybridized carbons (Fsp3) is 0.208. The Bertz CT molecular complexity index is 1400. The number of anilines is 2. The Morgan fingerprint density at radius 2 is 2.03 bits per heavy atom. The zero-order valence-electron chi connectivity index (χ0n) is 17.9. The smallest absolute Gasteiger partial charge is 0.158 e. The molecule has 2 N–H and O–H groups in total. The molecule has 9 heteroatoms. The molecule has 0 aliphatic heterocycles. The topological polar surface area (TPSA) is 89.5 Å². The van der Waals surface area contributed by atoms with E-state index in [9.17, 15) is 4.39 Å². The minimum absolute atomic E-state index is 0.105. The molecule has 0 aliphatic rings. The normalized spacial score (nSPS) is 11.5. The number of aliphatic hydroxyl groups excluding tert-OH is 1. The molecule has 0 spiro atoms. The van der Waals surface area contributed by atoms with Crippen molar-refractivity contribution < 1.29 is 14.2 Å². The predicted molar refractivity (Wildman–Crippen MR) is 123 cm³/mol. The number of aliphatic hydroxyl groups is 1. The average Bonchev–Trinajstić information content (AvgIpc) is 3.41. The van der Waals surface area contributed by atoms with Gasteiger partial charge in [-0.05, 0) is 48.4 Å². The van der Waals surface area contributed by atoms with Crippen molar-refractivity contribution in [3.8, 4) is 0 Å². The van der Waals surface area contributed by atoms with E-state index in [4.69, 9.17) is 9.84 Å². The summed E-state index contributed by atoms with van der Waals surface area (Å²) in [7, 11) is 0. The number of aromatic nitrogens is 5. The van der Waals surface area contributed by atoms with E-state index in [0.717, 1.165) is 33.2 Å². The second-order valence-corrected chi connectivity index (χ2v) is 7.70. The Balaban J connectivity index is 1.38. The van der Waals surface area contributed by atoms with Crippen LogP contribution >= 0.6 is 0 Å². The van der Waals surface area contributed by atoms with Crippen molar-refractivity contribution in [2.24, 2.45) is 0 Å². The first-order valence-corrected chi connectivity index (χ1v) is 10.7. The number of fused-ring (bicyclic) bond motifs is 2. The van der Waals surface area contributed by atoms with Crippen molar-refractivity contribution in [3.63, 3.8) is 0 Å². The lowest BCUT2D eigenvalue weighted by atomic mass is 10.2. The van der Waals surface area contributed by atoms with Gasteiger partial charge in [-0.3, -0.25) is 4.68 Å². The van der Waals surface area contributed by atoms with Gasteiger partial charge in [0.1, 0.15) is 17.7 Å². The van der Waals surface area contributed by atoms with Crippen LogP contribution in [-0.4, -0.2) is 42.7 Å². The van der Waals surface area contributed by atoms with Crippen molar-refractivity contribution in [2.45, 2.75) is 19.6 Å². The molecule has 33 heavy (non-hydrogen) atoms. The maximum Gasteiger partial charge on any atom is 0.158 e. The number of benzene rings is 2. The van der Waals surface area contributed by atoms with Crippen molar-refractivity contribution in [3.05, 3.63) is 84.2 Å². The maximum absolute atomic E-state index is 13.5. The minimum atomic E-state index is -0.254. The lowest BCUT2D eigenvalue weighted by Gasteiger charge is -2.10. The van der Waals surface area contributed by atoms with Gasteiger partial charge in [0.2, 0.25) is 0 Å². The van der Waals surface area contributed by atoms with Crippen LogP contribution in [-0.2, 0) is 17.9 Å². The van der Waals surface area contributed by atoms with Crippen LogP contribution in [0, 0.1) is 5.82 Å². The van der Waals surface area contributed by atoms with Gasteiger partial charge in [0.25, 0.3) is 0 Å². The van der Waals surface area contributed by atoms with Crippen molar-refractivity contribution in [2.75, 3.05) is 18.5 Å². The van der Waals surface area contributed by atoms with Gasteiger partial charge < -0.3 is 15.2 Å². The third kappa shape index (κ3) is 4.55. The van der Waals surface area contributed by atoms with E-state index in [1.165, 1.54) is 18.5 Å². The number of ether oxygens (including phenoxy) is 1. The van der Waals surface area contributed by atoms with Gasteiger partial charge in [0.05, 0.1) is 24.9 Å². The van der Waals surface area contributed by atoms with E-state index in [1.807, 2.05) is 41.2 Å². The summed E-state index contributed by atoms with van der Waals surface area (Å²) in [4.78, 5) is 4.43. The highest BCUT2D eigenvalue weighted by atomic mass is 19.1. The van der Waals surface area contributed by atoms with E-state index in [1.54, 1.807) is 16.8 Å². The molecular weight excluding hydrogens is 423 g/mol. The summed E-state index contributed by atoms with van der Waals surface area (Å²) in [6.45, 7) is 1.49. The summed E-state index contributed by atoms with van der Waals surface area (Å²) in [6, 6.07) is 14.4. The Kier molecular flexibility index (Phi) is 5.97. The number of rotatable bonds is 9. The van der Waals surface area contributed by atoms with Gasteiger partial charge >= 0.3 is 0 Å². The number of nitrogens with one attached hydrogen (secondary N) is 1. The maximum atomic E-state index is 13.5. The molecule has 0 amide bonds. The van der Waals surface area contributed by atoms with Gasteiger partial charge in [-0.1, -0.05) is 12.1 Å². The highest BCUT2D eigenvalue weighted by Gasteiger charge is 2.12. The first-order chi connectivity index (χ1) is 16.2. The van der Waals surface area contributed by atoms with Gasteiger partial charge in [0, 0.05) is 36.0 Å². The molecule has 0 fully saturated rings. The van der Waals surface area contributed by atoms with Gasteiger partial charge in [-0.15, -0.1) is 0 Å². The van der Waals surface area contributed by atoms with E-state index in [0.29, 0.717) is 32.0 Å². The minimum Gasteiger partial charge on any atom is -0.396 e. The molecule has 168 valence electrons. The second kappa shape index (κ2) is 9.35. The molecule has 0 bridgehead atoms. The van der Waals surface area contributed by atoms with Crippen LogP contribution in [0.3, 0.4) is 0 Å². The Hall–Kier alpha value is -3.82. The third-order valence-electron chi connectivity index (χ3n) is 5.37. The Morgan fingerprint density at radius 3 is 2.91 bits per heavy atom. The molecule has 3 heterocycles. The molecule has 0 saturated carbocycles. The SMILES string of the molecule is OCCCOCc1ccn2ncnc(Nc3ccc4c(cnn4Cc4cccc(F)c4)c3)c12. The second-order valence-electron chi connectivity index (χ2n) is 7.70. The lowest BCUT2D eigenvalue weighted by Crippen LogP contribution is -2.03. The lowest BCUT2D eigenvalue weighted by molar-refractivity contribution is 0.105. The highest BCUT2D eigenvalue weighted by molar-refractivity contribution is 5.85. The number of hydrogen-bond acceptors (Lipinski definition) is 6. The standard InChI is InChI=1S/C24H23FN6O2/c25-20-4-1-3-17(11-20)14-31-22-6-5-21(12-19(22)13-27-31)29-24-23-18(15-33-10-2-9-32)7-8-30(23)28-16-26-24/h1,3-8,11-13,16,32H,2,9-10,14-15H2,(H,26,28,29). The Morgan fingerprint density at radius 1 is 1.09 bits per heavy atom. The van der Waals surface area contributed by atoms with Crippen LogP contribution < -0.4 is 5.32 Å². The van der Waals surface area contributed by atoms with Crippen LogP contribution in [0.2, 0.25) is 0 Å². The third-order valence-corrected chi connectivity index (χ3v) is 5.37. The van der Waals surface area contributed by atoms with Crippen molar-refractivity contribution >= 4 is 27.9 Å². The van der Waals surface area contributed by atoms with Crippen LogP contribution in [0.5, 0.6) is 0 Å². The van der Waals surface area contributed by atoms with E-state index >= 15 is 0 Å². The molecular formula is C24H23FN6O2. The summed E-state index contributed by atoms with van der Waals surface area (Å²) < 4.78 is 22.8. The zero-order valence-corrected chi connectivity index (χ0v) is 17.9. The van der Waals surface area contributed by atoms with Gasteiger partial charge in [0.15, 0.2) is 5.82 Å². The van der Waals surface area contributed by atoms with Gasteiger partial charge in [-0.2, -0.15) is 10.2 Å². The molecule has 0 atom stereocenters. The average molecular weight is 446 g/mol. The summed E-state index contributed by atoms with van der Waals surface area (Å²) in [5.74, 6) is 0.414. The number of halogens is 1. The number of hydrogen-bond donors (Lipinski definition) is 2. The molecule has 2 aromatic carbocycles. The Labute approximate surface area is 189 Å². The molecule has 8 nitrogen and oxygen atoms in total. The van der Waals surface area contributed by atoms with Crippen LogP contribution in [0.25, 0.3) is 16.4 Å². The van der Waals surface area contributed by atoms with Crippen LogP contribution in [0.15, 0.2) is 67.3 Å². The molecule has 0 unspecified atom stereocenters. The summed E-state index contributed by atoms with van der Waals surface area (Å²) in [5, 5.41) is 22.0. The van der Waals surface area contributed by atoms with E-state index < -0.39 is 0 Å². The quantitative estimate of drug-likeness (QED) is 0.334. The zero-order chi connectivity index (χ0) is 22.6. The molecule has 0 radical (unpaired) electrons. The molecule has 5 rings (SSSR count). The fourth-order valence-electron chi connectivity index (χ4n) is 3.81. The van der Waals surface area contributed by atoms with Crippen molar-refractivity contribution in [1.29, 1.82) is 0 Å². The van der Waals surface area contributed by atoms with Crippen LogP contribution in [0.4, 0.5) is 15.9 Å². The first-order valence-electron chi connectivity index (χ1n) is 10.7. The highest BCUT2D eigenvalue weighted by Crippen LogP contribution is 2.26. The van der Waals surface area contributed by atoms with Gasteiger partial charge in [-0.25, -0.2) is 13.9 Å². The number of nitrogens with zero attached hydrogens (tertiary/aromatic N) is 5. The monoisotopic (exact) mass is 446 g/mol. The van der Waals surface area contributed by atoms with Crippen molar-refractivity contribution in [1.82, 2.24) is 24.4 Å². The molecule has 5 aromatic rings. The first kappa shape index (κ1) is 21.0. The summed E-state index contributed by atoms with van der Waals surface area (Å²) >= 11 is 0. The van der Waals surface area contributed by atoms with Crippen LogP contribution in [0.1, 0.15) is 17.5 Å².